The first-order chi connectivity index (χ1) is 9.95. The van der Waals surface area contributed by atoms with Crippen molar-refractivity contribution in [3.8, 4) is 11.8 Å². The topological polar surface area (TPSA) is 61.0 Å². The van der Waals surface area contributed by atoms with Crippen LogP contribution in [0.1, 0.15) is 43.4 Å². The van der Waals surface area contributed by atoms with Crippen molar-refractivity contribution in [1.29, 1.82) is 0 Å². The van der Waals surface area contributed by atoms with Gasteiger partial charge in [0, 0.05) is 18.4 Å². The van der Waals surface area contributed by atoms with Crippen molar-refractivity contribution >= 4 is 0 Å². The summed E-state index contributed by atoms with van der Waals surface area (Å²) in [5, 5.41) is 0. The Bertz CT molecular complexity index is 591. The molecule has 0 aliphatic rings. The zero-order valence-electron chi connectivity index (χ0n) is 13.1. The Morgan fingerprint density at radius 1 is 1.14 bits per heavy atom. The van der Waals surface area contributed by atoms with E-state index in [2.05, 4.69) is 36.8 Å². The van der Waals surface area contributed by atoms with Gasteiger partial charge in [0.1, 0.15) is 5.75 Å². The fraction of sp³-hybridized carbons (Fsp3) is 0.412. The molecule has 4 nitrogen and oxygen atoms in total. The minimum Gasteiger partial charge on any atom is -0.424 e. The second-order valence-electron chi connectivity index (χ2n) is 5.83. The number of nitrogens with zero attached hydrogens (tertiary/aromatic N) is 2. The SMILES string of the molecule is Cc1cc(Oc2ncc(CC(C)N)cn2)ccc1C(C)C. The number of nitrogens with two attached hydrogens (primary N) is 1. The predicted molar refractivity (Wildman–Crippen MR) is 84.7 cm³/mol. The van der Waals surface area contributed by atoms with Crippen LogP contribution in [0.2, 0.25) is 0 Å². The number of aromatic nitrogens is 2. The number of hydrogen-bond acceptors (Lipinski definition) is 4. The van der Waals surface area contributed by atoms with E-state index in [0.29, 0.717) is 11.9 Å². The van der Waals surface area contributed by atoms with E-state index in [4.69, 9.17) is 10.5 Å². The minimum absolute atomic E-state index is 0.103. The molecule has 2 N–H and O–H groups in total. The van der Waals surface area contributed by atoms with E-state index in [1.807, 2.05) is 19.1 Å². The van der Waals surface area contributed by atoms with Crippen LogP contribution in [0.25, 0.3) is 0 Å². The molecular weight excluding hydrogens is 262 g/mol. The van der Waals surface area contributed by atoms with Gasteiger partial charge >= 0.3 is 6.01 Å². The third-order valence-corrected chi connectivity index (χ3v) is 3.31. The lowest BCUT2D eigenvalue weighted by Gasteiger charge is -2.11. The van der Waals surface area contributed by atoms with Crippen molar-refractivity contribution < 1.29 is 4.74 Å². The molecule has 0 fully saturated rings. The van der Waals surface area contributed by atoms with E-state index >= 15 is 0 Å². The molecule has 0 aliphatic heterocycles. The van der Waals surface area contributed by atoms with Gasteiger partial charge in [0.25, 0.3) is 0 Å². The summed E-state index contributed by atoms with van der Waals surface area (Å²) in [6.45, 7) is 8.42. The first kappa shape index (κ1) is 15.4. The smallest absolute Gasteiger partial charge is 0.321 e. The highest BCUT2D eigenvalue weighted by atomic mass is 16.5. The largest absolute Gasteiger partial charge is 0.424 e. The van der Waals surface area contributed by atoms with E-state index in [1.54, 1.807) is 12.4 Å². The van der Waals surface area contributed by atoms with Crippen LogP contribution in [0.5, 0.6) is 11.8 Å². The normalized spacial score (nSPS) is 12.5. The van der Waals surface area contributed by atoms with Crippen molar-refractivity contribution in [2.24, 2.45) is 5.73 Å². The van der Waals surface area contributed by atoms with Crippen molar-refractivity contribution in [2.75, 3.05) is 0 Å². The molecule has 1 heterocycles. The molecule has 112 valence electrons. The minimum atomic E-state index is 0.103. The maximum absolute atomic E-state index is 5.75. The van der Waals surface area contributed by atoms with Crippen molar-refractivity contribution in [2.45, 2.75) is 46.1 Å². The van der Waals surface area contributed by atoms with Crippen LogP contribution in [0, 0.1) is 6.92 Å². The first-order valence-corrected chi connectivity index (χ1v) is 7.30. The zero-order valence-corrected chi connectivity index (χ0v) is 13.1. The quantitative estimate of drug-likeness (QED) is 0.912. The van der Waals surface area contributed by atoms with Crippen LogP contribution in [0.3, 0.4) is 0 Å². The summed E-state index contributed by atoms with van der Waals surface area (Å²) in [5.41, 5.74) is 9.32. The maximum atomic E-state index is 5.75. The second-order valence-corrected chi connectivity index (χ2v) is 5.83. The summed E-state index contributed by atoms with van der Waals surface area (Å²) in [6, 6.07) is 6.54. The third kappa shape index (κ3) is 4.26. The van der Waals surface area contributed by atoms with Gasteiger partial charge in [-0.25, -0.2) is 9.97 Å². The Labute approximate surface area is 126 Å². The molecule has 1 aromatic carbocycles. The van der Waals surface area contributed by atoms with Gasteiger partial charge in [0.2, 0.25) is 0 Å². The molecule has 0 saturated carbocycles. The van der Waals surface area contributed by atoms with Gasteiger partial charge in [-0.2, -0.15) is 0 Å². The molecule has 0 aliphatic carbocycles. The van der Waals surface area contributed by atoms with Gasteiger partial charge in [-0.05, 0) is 55.0 Å². The summed E-state index contributed by atoms with van der Waals surface area (Å²) in [5.74, 6) is 1.27. The molecule has 0 spiro atoms. The molecule has 1 atom stereocenters. The van der Waals surface area contributed by atoms with Crippen LogP contribution >= 0.6 is 0 Å². The van der Waals surface area contributed by atoms with E-state index in [-0.39, 0.29) is 6.04 Å². The highest BCUT2D eigenvalue weighted by Crippen LogP contribution is 2.25. The number of benzene rings is 1. The average Bonchev–Trinajstić information content (AvgIpc) is 2.40. The van der Waals surface area contributed by atoms with E-state index < -0.39 is 0 Å². The van der Waals surface area contributed by atoms with Gasteiger partial charge in [-0.15, -0.1) is 0 Å². The Morgan fingerprint density at radius 3 is 2.33 bits per heavy atom. The highest BCUT2D eigenvalue weighted by Gasteiger charge is 2.07. The Hall–Kier alpha value is -1.94. The van der Waals surface area contributed by atoms with Gasteiger partial charge < -0.3 is 10.5 Å². The summed E-state index contributed by atoms with van der Waals surface area (Å²) in [6.07, 6.45) is 4.30. The molecule has 1 unspecified atom stereocenters. The van der Waals surface area contributed by atoms with Crippen molar-refractivity contribution in [3.05, 3.63) is 47.3 Å². The first-order valence-electron chi connectivity index (χ1n) is 7.30. The highest BCUT2D eigenvalue weighted by molar-refractivity contribution is 5.37. The van der Waals surface area contributed by atoms with E-state index in [0.717, 1.165) is 17.7 Å². The van der Waals surface area contributed by atoms with Crippen molar-refractivity contribution in [1.82, 2.24) is 9.97 Å². The number of hydrogen-bond donors (Lipinski definition) is 1. The van der Waals surface area contributed by atoms with Gasteiger partial charge in [-0.3, -0.25) is 0 Å². The standard InChI is InChI=1S/C17H23N3O/c1-11(2)16-6-5-15(7-12(16)3)21-17-19-9-14(10-20-17)8-13(4)18/h5-7,9-11,13H,8,18H2,1-4H3. The summed E-state index contributed by atoms with van der Waals surface area (Å²) in [7, 11) is 0. The Morgan fingerprint density at radius 2 is 1.81 bits per heavy atom. The number of rotatable bonds is 5. The van der Waals surface area contributed by atoms with Crippen LogP contribution in [0.15, 0.2) is 30.6 Å². The van der Waals surface area contributed by atoms with E-state index in [1.165, 1.54) is 11.1 Å². The van der Waals surface area contributed by atoms with E-state index in [9.17, 15) is 0 Å². The number of ether oxygens (including phenoxy) is 1. The summed E-state index contributed by atoms with van der Waals surface area (Å²) < 4.78 is 5.70. The lowest BCUT2D eigenvalue weighted by molar-refractivity contribution is 0.440. The average molecular weight is 285 g/mol. The second kappa shape index (κ2) is 6.68. The molecule has 2 aromatic rings. The van der Waals surface area contributed by atoms with Gasteiger partial charge in [0.15, 0.2) is 0 Å². The van der Waals surface area contributed by atoms with Gasteiger partial charge in [0.05, 0.1) is 0 Å². The molecule has 0 radical (unpaired) electrons. The maximum Gasteiger partial charge on any atom is 0.321 e. The molecule has 0 saturated heterocycles. The number of aryl methyl sites for hydroxylation is 1. The molecule has 0 bridgehead atoms. The summed E-state index contributed by atoms with van der Waals surface area (Å²) >= 11 is 0. The predicted octanol–water partition coefficient (Wildman–Crippen LogP) is 3.59. The lowest BCUT2D eigenvalue weighted by Crippen LogP contribution is -2.17. The Balaban J connectivity index is 2.09. The monoisotopic (exact) mass is 285 g/mol. The zero-order chi connectivity index (χ0) is 15.4. The molecule has 0 amide bonds. The van der Waals surface area contributed by atoms with Gasteiger partial charge in [-0.1, -0.05) is 19.9 Å². The van der Waals surface area contributed by atoms with Crippen LogP contribution in [-0.4, -0.2) is 16.0 Å². The van der Waals surface area contributed by atoms with Crippen LogP contribution in [0.4, 0.5) is 0 Å². The fourth-order valence-corrected chi connectivity index (χ4v) is 2.34. The molecule has 4 heteroatoms. The molecular formula is C17H23N3O. The molecule has 1 aromatic heterocycles. The Kier molecular flexibility index (Phi) is 4.91. The van der Waals surface area contributed by atoms with Crippen LogP contribution < -0.4 is 10.5 Å². The molecule has 2 rings (SSSR count). The van der Waals surface area contributed by atoms with Crippen molar-refractivity contribution in [3.63, 3.8) is 0 Å². The summed E-state index contributed by atoms with van der Waals surface area (Å²) in [4.78, 5) is 8.45. The fourth-order valence-electron chi connectivity index (χ4n) is 2.34. The molecule has 21 heavy (non-hydrogen) atoms. The lowest BCUT2D eigenvalue weighted by atomic mass is 9.98. The van der Waals surface area contributed by atoms with Crippen LogP contribution in [-0.2, 0) is 6.42 Å². The third-order valence-electron chi connectivity index (χ3n) is 3.31.